The molecule has 1 heterocycles. The maximum atomic E-state index is 10.8. The van der Waals surface area contributed by atoms with Crippen LogP contribution in [0.4, 0.5) is 0 Å². The molecule has 2 atom stereocenters. The molecule has 0 bridgehead atoms. The number of nitrogens with two attached hydrogens (primary N) is 1. The number of carbonyl (C=O) groups excluding carboxylic acids is 2. The predicted octanol–water partition coefficient (Wildman–Crippen LogP) is -1.80. The average molecular weight is 322 g/mol. The summed E-state index contributed by atoms with van der Waals surface area (Å²) in [6.45, 7) is 0.988. The molecule has 1 amide bonds. The molecule has 0 aliphatic carbocycles. The highest BCUT2D eigenvalue weighted by molar-refractivity contribution is 6.11. The summed E-state index contributed by atoms with van der Waals surface area (Å²) in [5, 5.41) is 26.9. The molecule has 9 nitrogen and oxygen atoms in total. The van der Waals surface area contributed by atoms with E-state index in [4.69, 9.17) is 21.1 Å². The van der Waals surface area contributed by atoms with Gasteiger partial charge in [0.25, 0.3) is 0 Å². The summed E-state index contributed by atoms with van der Waals surface area (Å²) >= 11 is 0. The fraction of sp³-hybridized carbons (Fsp3) is 0.214. The number of ketones is 1. The van der Waals surface area contributed by atoms with Crippen LogP contribution in [-0.2, 0) is 19.2 Å². The lowest BCUT2D eigenvalue weighted by atomic mass is 9.97. The van der Waals surface area contributed by atoms with Crippen molar-refractivity contribution < 1.29 is 34.5 Å². The van der Waals surface area contributed by atoms with Crippen molar-refractivity contribution in [3.05, 3.63) is 34.8 Å². The minimum atomic E-state index is -1.68. The van der Waals surface area contributed by atoms with E-state index >= 15 is 0 Å². The second kappa shape index (κ2) is 7.27. The second-order valence-corrected chi connectivity index (χ2v) is 4.57. The standard InChI is InChI=1S/C8H5NO2.C6H9NO5/c10-7-5-3-1-2-4-6(5)9-8(7)11;1-2(8)3(5(9)10)4(7)6(11)12/h1-4H,(H,9,10,11);3-4H,7H2,1H3,(H,9,10)(H,11,12)/t;3?,4-/m.0/s1. The molecule has 0 saturated heterocycles. The summed E-state index contributed by atoms with van der Waals surface area (Å²) in [7, 11) is 0. The van der Waals surface area contributed by atoms with Gasteiger partial charge in [-0.05, 0) is 19.1 Å². The molecule has 0 fully saturated rings. The summed E-state index contributed by atoms with van der Waals surface area (Å²) in [5.74, 6) is -6.25. The van der Waals surface area contributed by atoms with Gasteiger partial charge in [0.2, 0.25) is 0 Å². The van der Waals surface area contributed by atoms with Crippen LogP contribution in [0.25, 0.3) is 5.76 Å². The van der Waals surface area contributed by atoms with Crippen molar-refractivity contribution in [2.75, 3.05) is 0 Å². The normalized spacial score (nSPS) is 14.7. The third kappa shape index (κ3) is 4.20. The van der Waals surface area contributed by atoms with Gasteiger partial charge in [0.05, 0.1) is 5.36 Å². The number of amides is 1. The van der Waals surface area contributed by atoms with E-state index in [0.717, 1.165) is 6.92 Å². The van der Waals surface area contributed by atoms with Crippen LogP contribution in [0.1, 0.15) is 6.92 Å². The topological polar surface area (TPSA) is 167 Å². The molecule has 122 valence electrons. The van der Waals surface area contributed by atoms with Gasteiger partial charge in [0.1, 0.15) is 17.7 Å². The molecular formula is C14H14N2O7. The predicted molar refractivity (Wildman–Crippen MR) is 75.7 cm³/mol. The fourth-order valence-electron chi connectivity index (χ4n) is 1.77. The van der Waals surface area contributed by atoms with Crippen LogP contribution >= 0.6 is 0 Å². The fourth-order valence-corrected chi connectivity index (χ4v) is 1.77. The minimum absolute atomic E-state index is 0.249. The highest BCUT2D eigenvalue weighted by Gasteiger charge is 2.34. The van der Waals surface area contributed by atoms with Crippen LogP contribution in [0.5, 0.6) is 0 Å². The molecule has 0 saturated carbocycles. The number of nitrogens with zero attached hydrogens (tertiary/aromatic N) is 1. The average Bonchev–Trinajstić information content (AvgIpc) is 2.74. The van der Waals surface area contributed by atoms with Crippen LogP contribution < -0.4 is 16.3 Å². The van der Waals surface area contributed by atoms with Gasteiger partial charge < -0.3 is 21.1 Å². The van der Waals surface area contributed by atoms with E-state index in [1.54, 1.807) is 24.3 Å². The van der Waals surface area contributed by atoms with Gasteiger partial charge in [-0.2, -0.15) is 0 Å². The summed E-state index contributed by atoms with van der Waals surface area (Å²) in [6, 6.07) is 5.20. The third-order valence-corrected chi connectivity index (χ3v) is 2.93. The van der Waals surface area contributed by atoms with E-state index < -0.39 is 35.6 Å². The van der Waals surface area contributed by atoms with Gasteiger partial charge in [0.15, 0.2) is 5.76 Å². The first-order valence-corrected chi connectivity index (χ1v) is 6.29. The maximum Gasteiger partial charge on any atom is 0.321 e. The number of carboxylic acid groups (broad SMARTS) is 2. The molecule has 5 N–H and O–H groups in total. The SMILES string of the molecule is CC(=O)C(C(=O)O)[C@H](N)C(=O)O.O=C1N=c2ccccc2=C1O. The van der Waals surface area contributed by atoms with E-state index in [1.807, 2.05) is 0 Å². The quantitative estimate of drug-likeness (QED) is 0.471. The summed E-state index contributed by atoms with van der Waals surface area (Å²) < 4.78 is 0. The Morgan fingerprint density at radius 3 is 2.09 bits per heavy atom. The number of para-hydroxylation sites is 1. The number of aliphatic hydroxyl groups excluding tert-OH is 1. The Kier molecular flexibility index (Phi) is 5.68. The molecule has 0 radical (unpaired) electrons. The van der Waals surface area contributed by atoms with Crippen molar-refractivity contribution in [1.82, 2.24) is 0 Å². The molecule has 23 heavy (non-hydrogen) atoms. The lowest BCUT2D eigenvalue weighted by Crippen LogP contribution is -2.45. The van der Waals surface area contributed by atoms with Crippen LogP contribution in [0.15, 0.2) is 29.3 Å². The van der Waals surface area contributed by atoms with Crippen molar-refractivity contribution >= 4 is 29.4 Å². The van der Waals surface area contributed by atoms with Crippen molar-refractivity contribution in [2.45, 2.75) is 13.0 Å². The Morgan fingerprint density at radius 2 is 1.70 bits per heavy atom. The zero-order chi connectivity index (χ0) is 17.7. The van der Waals surface area contributed by atoms with E-state index in [9.17, 15) is 19.2 Å². The van der Waals surface area contributed by atoms with E-state index in [-0.39, 0.29) is 5.76 Å². The van der Waals surface area contributed by atoms with E-state index in [1.165, 1.54) is 0 Å². The number of hydrogen-bond donors (Lipinski definition) is 4. The summed E-state index contributed by atoms with van der Waals surface area (Å²) in [6.07, 6.45) is 0. The molecule has 9 heteroatoms. The van der Waals surface area contributed by atoms with E-state index in [2.05, 4.69) is 4.99 Å². The lowest BCUT2D eigenvalue weighted by molar-refractivity contribution is -0.153. The number of hydrogen-bond acceptors (Lipinski definition) is 6. The van der Waals surface area contributed by atoms with Gasteiger partial charge >= 0.3 is 17.8 Å². The number of benzene rings is 1. The molecule has 1 aliphatic rings. The van der Waals surface area contributed by atoms with Gasteiger partial charge in [-0.25, -0.2) is 4.99 Å². The smallest absolute Gasteiger partial charge is 0.321 e. The lowest BCUT2D eigenvalue weighted by Gasteiger charge is -2.12. The molecule has 1 aromatic carbocycles. The maximum absolute atomic E-state index is 10.8. The Morgan fingerprint density at radius 1 is 1.13 bits per heavy atom. The van der Waals surface area contributed by atoms with Gasteiger partial charge in [-0.15, -0.1) is 0 Å². The van der Waals surface area contributed by atoms with Crippen LogP contribution in [0.2, 0.25) is 0 Å². The zero-order valence-electron chi connectivity index (χ0n) is 12.0. The first-order chi connectivity index (χ1) is 10.7. The highest BCUT2D eigenvalue weighted by atomic mass is 16.4. The molecule has 1 aromatic rings. The number of carbonyl (C=O) groups is 4. The summed E-state index contributed by atoms with van der Waals surface area (Å²) in [4.78, 5) is 45.5. The number of rotatable bonds is 4. The van der Waals surface area contributed by atoms with Gasteiger partial charge in [-0.1, -0.05) is 12.1 Å². The first kappa shape index (κ1) is 18.0. The number of Topliss-reactive ketones (excluding diaryl/α,β-unsaturated/α-hetero) is 1. The van der Waals surface area contributed by atoms with Crippen molar-refractivity contribution in [1.29, 1.82) is 0 Å². The molecule has 2 rings (SSSR count). The molecule has 1 aliphatic heterocycles. The van der Waals surface area contributed by atoms with Crippen LogP contribution in [0.3, 0.4) is 0 Å². The molecule has 0 spiro atoms. The highest BCUT2D eigenvalue weighted by Crippen LogP contribution is 2.03. The van der Waals surface area contributed by atoms with Crippen molar-refractivity contribution in [3.63, 3.8) is 0 Å². The Hall–Kier alpha value is -3.07. The molecule has 0 aromatic heterocycles. The van der Waals surface area contributed by atoms with Crippen LogP contribution in [-0.4, -0.2) is 45.0 Å². The molecule has 1 unspecified atom stereocenters. The zero-order valence-corrected chi connectivity index (χ0v) is 12.0. The number of fused-ring (bicyclic) bond motifs is 1. The largest absolute Gasteiger partial charge is 0.503 e. The number of aliphatic hydroxyl groups is 1. The number of carboxylic acids is 2. The first-order valence-electron chi connectivity index (χ1n) is 6.29. The Labute approximate surface area is 129 Å². The summed E-state index contributed by atoms with van der Waals surface area (Å²) in [5.41, 5.74) is 4.96. The number of aliphatic carboxylic acids is 2. The third-order valence-electron chi connectivity index (χ3n) is 2.93. The van der Waals surface area contributed by atoms with Gasteiger partial charge in [-0.3, -0.25) is 19.2 Å². The Bertz CT molecular complexity index is 771. The minimum Gasteiger partial charge on any atom is -0.503 e. The van der Waals surface area contributed by atoms with Crippen molar-refractivity contribution in [3.8, 4) is 0 Å². The second-order valence-electron chi connectivity index (χ2n) is 4.57. The van der Waals surface area contributed by atoms with E-state index in [0.29, 0.717) is 10.6 Å². The molecular weight excluding hydrogens is 308 g/mol. The van der Waals surface area contributed by atoms with Gasteiger partial charge in [0, 0.05) is 5.22 Å². The Balaban J connectivity index is 0.000000230. The van der Waals surface area contributed by atoms with Crippen molar-refractivity contribution in [2.24, 2.45) is 16.6 Å². The van der Waals surface area contributed by atoms with Crippen LogP contribution in [0, 0.1) is 5.92 Å². The monoisotopic (exact) mass is 322 g/mol.